The second kappa shape index (κ2) is 8.24. The third kappa shape index (κ3) is 3.30. The van der Waals surface area contributed by atoms with Crippen LogP contribution in [0.1, 0.15) is 11.1 Å². The molecule has 3 aromatic heterocycles. The SMILES string of the molecule is Cc1ccc(-c2ccc3c(c2)c2cc[nH]c2n3-c2ccc3c(c2)c2ccccc2n3-c2ccc(C)cc2)cc1. The number of benzene rings is 5. The van der Waals surface area contributed by atoms with Crippen molar-refractivity contribution in [3.8, 4) is 22.5 Å². The van der Waals surface area contributed by atoms with Crippen LogP contribution in [0.3, 0.4) is 0 Å². The van der Waals surface area contributed by atoms with Crippen molar-refractivity contribution in [1.29, 1.82) is 0 Å². The normalized spacial score (nSPS) is 11.8. The molecule has 0 spiro atoms. The molecule has 0 fully saturated rings. The lowest BCUT2D eigenvalue weighted by Gasteiger charge is -2.10. The van der Waals surface area contributed by atoms with Gasteiger partial charge in [-0.2, -0.15) is 0 Å². The van der Waals surface area contributed by atoms with Crippen LogP contribution >= 0.6 is 0 Å². The Balaban J connectivity index is 1.37. The minimum atomic E-state index is 1.12. The van der Waals surface area contributed by atoms with Gasteiger partial charge in [-0.1, -0.05) is 71.8 Å². The maximum atomic E-state index is 3.52. The number of para-hydroxylation sites is 1. The highest BCUT2D eigenvalue weighted by Gasteiger charge is 2.17. The van der Waals surface area contributed by atoms with Crippen molar-refractivity contribution in [1.82, 2.24) is 14.1 Å². The average Bonchev–Trinajstić information content (AvgIpc) is 3.65. The van der Waals surface area contributed by atoms with Gasteiger partial charge in [0.1, 0.15) is 5.65 Å². The van der Waals surface area contributed by atoms with Crippen LogP contribution in [0, 0.1) is 13.8 Å². The second-order valence-electron chi connectivity index (χ2n) is 10.6. The molecule has 0 radical (unpaired) electrons. The number of nitrogens with zero attached hydrogens (tertiary/aromatic N) is 2. The maximum absolute atomic E-state index is 3.52. The van der Waals surface area contributed by atoms with E-state index in [0.717, 1.165) is 11.3 Å². The van der Waals surface area contributed by atoms with Crippen molar-refractivity contribution < 1.29 is 0 Å². The molecule has 1 N–H and O–H groups in total. The van der Waals surface area contributed by atoms with Gasteiger partial charge in [0.05, 0.1) is 16.6 Å². The summed E-state index contributed by atoms with van der Waals surface area (Å²) in [5.41, 5.74) is 12.1. The van der Waals surface area contributed by atoms with E-state index in [2.05, 4.69) is 143 Å². The molecular weight excluding hydrogens is 474 g/mol. The molecule has 0 saturated heterocycles. The number of fused-ring (bicyclic) bond motifs is 6. The molecule has 5 aromatic carbocycles. The van der Waals surface area contributed by atoms with Gasteiger partial charge in [0.2, 0.25) is 0 Å². The van der Waals surface area contributed by atoms with Crippen LogP contribution in [-0.2, 0) is 0 Å². The minimum Gasteiger partial charge on any atom is -0.347 e. The summed E-state index contributed by atoms with van der Waals surface area (Å²) in [5, 5.41) is 5.00. The van der Waals surface area contributed by atoms with E-state index in [1.54, 1.807) is 0 Å². The highest BCUT2D eigenvalue weighted by Crippen LogP contribution is 2.37. The van der Waals surface area contributed by atoms with Gasteiger partial charge in [-0.05, 0) is 79.6 Å². The second-order valence-corrected chi connectivity index (χ2v) is 10.6. The van der Waals surface area contributed by atoms with Crippen LogP contribution in [-0.4, -0.2) is 14.1 Å². The van der Waals surface area contributed by atoms with Gasteiger partial charge in [0, 0.05) is 39.1 Å². The zero-order chi connectivity index (χ0) is 26.1. The molecule has 0 aliphatic carbocycles. The van der Waals surface area contributed by atoms with Crippen molar-refractivity contribution in [2.45, 2.75) is 13.8 Å². The number of aryl methyl sites for hydroxylation is 2. The third-order valence-corrected chi connectivity index (χ3v) is 8.07. The van der Waals surface area contributed by atoms with E-state index in [4.69, 9.17) is 0 Å². The molecule has 3 heterocycles. The Labute approximate surface area is 226 Å². The number of H-pyrrole nitrogens is 1. The summed E-state index contributed by atoms with van der Waals surface area (Å²) < 4.78 is 4.74. The van der Waals surface area contributed by atoms with E-state index in [-0.39, 0.29) is 0 Å². The first kappa shape index (κ1) is 22.0. The van der Waals surface area contributed by atoms with Gasteiger partial charge < -0.3 is 9.55 Å². The van der Waals surface area contributed by atoms with Crippen molar-refractivity contribution >= 4 is 43.7 Å². The van der Waals surface area contributed by atoms with Crippen LogP contribution in [0.2, 0.25) is 0 Å². The molecule has 3 nitrogen and oxygen atoms in total. The fourth-order valence-corrected chi connectivity index (χ4v) is 6.10. The van der Waals surface area contributed by atoms with E-state index in [1.807, 2.05) is 6.20 Å². The Kier molecular flexibility index (Phi) is 4.65. The van der Waals surface area contributed by atoms with Crippen LogP contribution in [0.15, 0.2) is 121 Å². The van der Waals surface area contributed by atoms with Crippen LogP contribution in [0.25, 0.3) is 66.2 Å². The predicted octanol–water partition coefficient (Wildman–Crippen LogP) is 9.49. The van der Waals surface area contributed by atoms with Crippen molar-refractivity contribution in [3.05, 3.63) is 133 Å². The van der Waals surface area contributed by atoms with E-state index < -0.39 is 0 Å². The summed E-state index contributed by atoms with van der Waals surface area (Å²) in [7, 11) is 0. The first-order valence-electron chi connectivity index (χ1n) is 13.4. The van der Waals surface area contributed by atoms with Crippen molar-refractivity contribution in [3.63, 3.8) is 0 Å². The first-order chi connectivity index (χ1) is 19.2. The molecule has 0 amide bonds. The Morgan fingerprint density at radius 2 is 1.08 bits per heavy atom. The predicted molar refractivity (Wildman–Crippen MR) is 164 cm³/mol. The minimum absolute atomic E-state index is 1.12. The fraction of sp³-hybridized carbons (Fsp3) is 0.0556. The topological polar surface area (TPSA) is 25.6 Å². The smallest absolute Gasteiger partial charge is 0.123 e. The lowest BCUT2D eigenvalue weighted by atomic mass is 10.0. The van der Waals surface area contributed by atoms with Gasteiger partial charge in [-0.25, -0.2) is 0 Å². The molecule has 3 heteroatoms. The van der Waals surface area contributed by atoms with Crippen LogP contribution in [0.4, 0.5) is 0 Å². The summed E-state index contributed by atoms with van der Waals surface area (Å²) >= 11 is 0. The molecular formula is C36H27N3. The highest BCUT2D eigenvalue weighted by molar-refractivity contribution is 6.12. The fourth-order valence-electron chi connectivity index (χ4n) is 6.10. The molecule has 0 aliphatic heterocycles. The molecule has 0 atom stereocenters. The zero-order valence-electron chi connectivity index (χ0n) is 21.9. The Morgan fingerprint density at radius 1 is 0.462 bits per heavy atom. The van der Waals surface area contributed by atoms with E-state index in [1.165, 1.54) is 66.0 Å². The third-order valence-electron chi connectivity index (χ3n) is 8.07. The largest absolute Gasteiger partial charge is 0.347 e. The number of hydrogen-bond donors (Lipinski definition) is 1. The number of aromatic nitrogens is 3. The van der Waals surface area contributed by atoms with Gasteiger partial charge in [-0.3, -0.25) is 4.57 Å². The quantitative estimate of drug-likeness (QED) is 0.249. The monoisotopic (exact) mass is 501 g/mol. The summed E-state index contributed by atoms with van der Waals surface area (Å²) in [6.07, 6.45) is 2.04. The van der Waals surface area contributed by atoms with Crippen LogP contribution in [0.5, 0.6) is 0 Å². The van der Waals surface area contributed by atoms with E-state index >= 15 is 0 Å². The number of rotatable bonds is 3. The molecule has 0 aliphatic rings. The lowest BCUT2D eigenvalue weighted by Crippen LogP contribution is -1.96. The number of aromatic amines is 1. The van der Waals surface area contributed by atoms with Gasteiger partial charge in [0.25, 0.3) is 0 Å². The number of nitrogens with one attached hydrogen (secondary N) is 1. The summed E-state index contributed by atoms with van der Waals surface area (Å²) in [6, 6.07) is 42.2. The summed E-state index contributed by atoms with van der Waals surface area (Å²) in [6.45, 7) is 4.26. The Morgan fingerprint density at radius 3 is 1.90 bits per heavy atom. The Hall–Kier alpha value is -5.02. The summed E-state index contributed by atoms with van der Waals surface area (Å²) in [4.78, 5) is 3.52. The lowest BCUT2D eigenvalue weighted by molar-refractivity contribution is 1.14. The van der Waals surface area contributed by atoms with Gasteiger partial charge in [0.15, 0.2) is 0 Å². The molecule has 0 unspecified atom stereocenters. The van der Waals surface area contributed by atoms with E-state index in [9.17, 15) is 0 Å². The summed E-state index contributed by atoms with van der Waals surface area (Å²) in [5.74, 6) is 0. The van der Waals surface area contributed by atoms with Gasteiger partial charge >= 0.3 is 0 Å². The molecule has 8 rings (SSSR count). The standard InChI is InChI=1S/C36H27N3/c1-23-7-11-25(12-8-23)26-13-17-35-31(21-26)30-19-20-37-36(30)39(35)28-16-18-34-32(22-28)29-5-3-4-6-33(29)38(34)27-14-9-24(2)10-15-27/h3-22,37H,1-2H3. The van der Waals surface area contributed by atoms with Crippen molar-refractivity contribution in [2.24, 2.45) is 0 Å². The highest BCUT2D eigenvalue weighted by atomic mass is 15.1. The molecule has 0 saturated carbocycles. The maximum Gasteiger partial charge on any atom is 0.123 e. The zero-order valence-corrected chi connectivity index (χ0v) is 21.9. The Bertz CT molecular complexity index is 2170. The molecule has 39 heavy (non-hydrogen) atoms. The van der Waals surface area contributed by atoms with Crippen LogP contribution < -0.4 is 0 Å². The molecule has 8 aromatic rings. The van der Waals surface area contributed by atoms with Gasteiger partial charge in [-0.15, -0.1) is 0 Å². The number of hydrogen-bond acceptors (Lipinski definition) is 0. The molecule has 0 bridgehead atoms. The van der Waals surface area contributed by atoms with Crippen molar-refractivity contribution in [2.75, 3.05) is 0 Å². The average molecular weight is 502 g/mol. The molecule has 186 valence electrons. The van der Waals surface area contributed by atoms with E-state index in [0.29, 0.717) is 0 Å². The first-order valence-corrected chi connectivity index (χ1v) is 13.4.